The number of carbonyl (C=O) groups excluding carboxylic acids is 4. The van der Waals surface area contributed by atoms with Gasteiger partial charge in [0.05, 0.1) is 6.10 Å². The molecule has 12 nitrogen and oxygen atoms in total. The molecule has 0 spiro atoms. The summed E-state index contributed by atoms with van der Waals surface area (Å²) in [6, 6.07) is 9.35. The Kier molecular flexibility index (Phi) is 11.8. The molecule has 1 N–H and O–H groups in total. The van der Waals surface area contributed by atoms with E-state index < -0.39 is 35.8 Å². The van der Waals surface area contributed by atoms with Crippen molar-refractivity contribution in [2.45, 2.75) is 83.7 Å². The van der Waals surface area contributed by atoms with Crippen molar-refractivity contribution >= 4 is 29.5 Å². The number of hydrogen-bond donors (Lipinski definition) is 1. The van der Waals surface area contributed by atoms with E-state index in [0.717, 1.165) is 5.56 Å². The zero-order valence-electron chi connectivity index (χ0n) is 28.8. The number of aromatic nitrogens is 2. The Bertz CT molecular complexity index is 1560. The molecule has 3 heterocycles. The van der Waals surface area contributed by atoms with Gasteiger partial charge in [-0.25, -0.2) is 14.2 Å². The van der Waals surface area contributed by atoms with Crippen molar-refractivity contribution < 1.29 is 33.0 Å². The zero-order valence-corrected chi connectivity index (χ0v) is 28.8. The quantitative estimate of drug-likeness (QED) is 0.311. The van der Waals surface area contributed by atoms with Crippen LogP contribution in [0.1, 0.15) is 63.5 Å². The van der Waals surface area contributed by atoms with Gasteiger partial charge in [0, 0.05) is 52.2 Å². The smallest absolute Gasteiger partial charge is 0.410 e. The summed E-state index contributed by atoms with van der Waals surface area (Å²) < 4.78 is 26.2. The largest absolute Gasteiger partial charge is 0.444 e. The summed E-state index contributed by atoms with van der Waals surface area (Å²) in [4.78, 5) is 63.1. The van der Waals surface area contributed by atoms with Crippen LogP contribution in [0.3, 0.4) is 0 Å². The summed E-state index contributed by atoms with van der Waals surface area (Å²) in [5, 5.41) is 2.80. The lowest BCUT2D eigenvalue weighted by molar-refractivity contribution is -0.141. The van der Waals surface area contributed by atoms with Gasteiger partial charge in [0.2, 0.25) is 11.8 Å². The number of likely N-dealkylation sites (tertiary alicyclic amines) is 1. The predicted molar refractivity (Wildman–Crippen MR) is 178 cm³/mol. The third-order valence-corrected chi connectivity index (χ3v) is 8.59. The van der Waals surface area contributed by atoms with Gasteiger partial charge < -0.3 is 29.0 Å². The van der Waals surface area contributed by atoms with Crippen molar-refractivity contribution in [3.8, 4) is 0 Å². The minimum Gasteiger partial charge on any atom is -0.444 e. The summed E-state index contributed by atoms with van der Waals surface area (Å²) in [5.74, 6) is -1.50. The van der Waals surface area contributed by atoms with Crippen LogP contribution >= 0.6 is 0 Å². The maximum atomic E-state index is 14.1. The second kappa shape index (κ2) is 15.6. The first-order valence-corrected chi connectivity index (χ1v) is 16.3. The molecule has 1 aromatic carbocycles. The molecular formula is C35H47FN6O6. The molecule has 48 heavy (non-hydrogen) atoms. The number of likely N-dealkylation sites (N-methyl/N-ethyl adjacent to an activating group) is 1. The van der Waals surface area contributed by atoms with Crippen LogP contribution in [-0.2, 0) is 25.5 Å². The topological polar surface area (TPSA) is 126 Å². The van der Waals surface area contributed by atoms with Crippen LogP contribution in [0, 0.1) is 5.82 Å². The molecule has 1 fully saturated rings. The van der Waals surface area contributed by atoms with E-state index in [1.807, 2.05) is 24.4 Å². The average Bonchev–Trinajstić information content (AvgIpc) is 3.71. The number of ether oxygens (including phenoxy) is 2. The van der Waals surface area contributed by atoms with E-state index >= 15 is 0 Å². The van der Waals surface area contributed by atoms with Crippen molar-refractivity contribution in [2.24, 2.45) is 0 Å². The van der Waals surface area contributed by atoms with Gasteiger partial charge in [-0.05, 0) is 83.7 Å². The number of hydrogen-bond acceptors (Lipinski definition) is 7. The lowest BCUT2D eigenvalue weighted by atomic mass is 10.1. The number of amides is 4. The highest BCUT2D eigenvalue weighted by molar-refractivity contribution is 5.93. The monoisotopic (exact) mass is 666 g/mol. The van der Waals surface area contributed by atoms with Gasteiger partial charge in [-0.3, -0.25) is 19.3 Å². The first-order valence-electron chi connectivity index (χ1n) is 16.3. The van der Waals surface area contributed by atoms with Crippen LogP contribution in [0.25, 0.3) is 5.65 Å². The molecule has 4 rings (SSSR count). The normalized spacial score (nSPS) is 16.7. The Morgan fingerprint density at radius 3 is 2.46 bits per heavy atom. The number of nitrogens with zero attached hydrogens (tertiary/aromatic N) is 5. The Hall–Kier alpha value is -4.52. The van der Waals surface area contributed by atoms with E-state index in [2.05, 4.69) is 10.3 Å². The van der Waals surface area contributed by atoms with Crippen molar-refractivity contribution in [3.63, 3.8) is 0 Å². The van der Waals surface area contributed by atoms with Crippen LogP contribution in [0.15, 0.2) is 54.9 Å². The van der Waals surface area contributed by atoms with E-state index in [4.69, 9.17) is 9.47 Å². The van der Waals surface area contributed by atoms with Crippen LogP contribution in [0.2, 0.25) is 0 Å². The third-order valence-electron chi connectivity index (χ3n) is 8.59. The standard InChI is InChI=1S/C35H47FN6O6/c1-23(39(6)34(46)48-35(3,4)5)31(43)38-30(24(2)47-7)33(45)42-19-10-11-27(42)21-41(20-17-25-13-15-26(36)16-14-25)32(44)28-22-40-18-9-8-12-29(40)37-28/h8-9,12-16,18,22-24,27,30H,10-11,17,19-21H2,1-7H3,(H,38,43)/t23-,24+,27-,30-/m0/s1. The number of carbonyl (C=O) groups is 4. The van der Waals surface area contributed by atoms with E-state index in [1.54, 1.807) is 67.1 Å². The molecule has 0 bridgehead atoms. The van der Waals surface area contributed by atoms with Gasteiger partial charge in [0.15, 0.2) is 0 Å². The number of halogens is 1. The second-order valence-electron chi connectivity index (χ2n) is 13.2. The van der Waals surface area contributed by atoms with Gasteiger partial charge in [0.1, 0.15) is 34.8 Å². The van der Waals surface area contributed by atoms with Crippen molar-refractivity contribution in [3.05, 3.63) is 71.9 Å². The second-order valence-corrected chi connectivity index (χ2v) is 13.2. The predicted octanol–water partition coefficient (Wildman–Crippen LogP) is 3.92. The molecule has 1 saturated heterocycles. The fourth-order valence-corrected chi connectivity index (χ4v) is 5.60. The van der Waals surface area contributed by atoms with Gasteiger partial charge in [-0.1, -0.05) is 18.2 Å². The van der Waals surface area contributed by atoms with Crippen molar-refractivity contribution in [1.82, 2.24) is 29.4 Å². The molecule has 2 aromatic heterocycles. The first kappa shape index (κ1) is 36.3. The maximum Gasteiger partial charge on any atom is 0.410 e. The molecule has 1 aliphatic rings. The fraction of sp³-hybridized carbons (Fsp3) is 0.514. The molecule has 0 radical (unpaired) electrons. The molecule has 4 atom stereocenters. The zero-order chi connectivity index (χ0) is 35.2. The Morgan fingerprint density at radius 2 is 1.81 bits per heavy atom. The number of pyridine rings is 1. The molecule has 1 aliphatic heterocycles. The Morgan fingerprint density at radius 1 is 1.10 bits per heavy atom. The van der Waals surface area contributed by atoms with Gasteiger partial charge in [-0.15, -0.1) is 0 Å². The van der Waals surface area contributed by atoms with Crippen LogP contribution < -0.4 is 5.32 Å². The molecule has 13 heteroatoms. The number of benzene rings is 1. The average molecular weight is 667 g/mol. The molecule has 3 aromatic rings. The summed E-state index contributed by atoms with van der Waals surface area (Å²) in [6.07, 6.45) is 3.99. The van der Waals surface area contributed by atoms with E-state index in [-0.39, 0.29) is 35.9 Å². The number of nitrogens with one attached hydrogen (secondary N) is 1. The number of fused-ring (bicyclic) bond motifs is 1. The van der Waals surface area contributed by atoms with E-state index in [1.165, 1.54) is 31.2 Å². The van der Waals surface area contributed by atoms with E-state index in [9.17, 15) is 23.6 Å². The molecule has 0 saturated carbocycles. The maximum absolute atomic E-state index is 14.1. The molecule has 0 aliphatic carbocycles. The summed E-state index contributed by atoms with van der Waals surface area (Å²) in [5.41, 5.74) is 1.04. The SMILES string of the molecule is CO[C@H](C)[C@H](NC(=O)[C@H](C)N(C)C(=O)OC(C)(C)C)C(=O)N1CCC[C@H]1CN(CCc1ccc(F)cc1)C(=O)c1cn2ccccc2n1. The van der Waals surface area contributed by atoms with Crippen LogP contribution in [0.5, 0.6) is 0 Å². The highest BCUT2D eigenvalue weighted by Gasteiger charge is 2.39. The lowest BCUT2D eigenvalue weighted by Crippen LogP contribution is -2.59. The number of imidazole rings is 1. The minimum absolute atomic E-state index is 0.236. The molecular weight excluding hydrogens is 619 g/mol. The Balaban J connectivity index is 1.52. The molecule has 4 amide bonds. The summed E-state index contributed by atoms with van der Waals surface area (Å²) in [6.45, 7) is 9.45. The summed E-state index contributed by atoms with van der Waals surface area (Å²) >= 11 is 0. The summed E-state index contributed by atoms with van der Waals surface area (Å²) in [7, 11) is 2.92. The minimum atomic E-state index is -1.04. The number of rotatable bonds is 12. The fourth-order valence-electron chi connectivity index (χ4n) is 5.60. The Labute approximate surface area is 281 Å². The van der Waals surface area contributed by atoms with Crippen LogP contribution in [-0.4, -0.2) is 112 Å². The van der Waals surface area contributed by atoms with Crippen LogP contribution in [0.4, 0.5) is 9.18 Å². The van der Waals surface area contributed by atoms with Gasteiger partial charge in [0.25, 0.3) is 5.91 Å². The van der Waals surface area contributed by atoms with Crippen molar-refractivity contribution in [1.29, 1.82) is 0 Å². The van der Waals surface area contributed by atoms with E-state index in [0.29, 0.717) is 38.0 Å². The highest BCUT2D eigenvalue weighted by atomic mass is 19.1. The number of methoxy groups -OCH3 is 1. The third kappa shape index (κ3) is 9.09. The first-order chi connectivity index (χ1) is 22.7. The van der Waals surface area contributed by atoms with Crippen molar-refractivity contribution in [2.75, 3.05) is 33.8 Å². The molecule has 260 valence electrons. The molecule has 0 unspecified atom stereocenters. The van der Waals surface area contributed by atoms with Gasteiger partial charge in [-0.2, -0.15) is 0 Å². The highest BCUT2D eigenvalue weighted by Crippen LogP contribution is 2.22. The lowest BCUT2D eigenvalue weighted by Gasteiger charge is -2.35. The van der Waals surface area contributed by atoms with Gasteiger partial charge >= 0.3 is 6.09 Å².